The van der Waals surface area contributed by atoms with Crippen LogP contribution >= 0.6 is 0 Å². The van der Waals surface area contributed by atoms with Crippen LogP contribution in [0.4, 0.5) is 5.69 Å². The molecule has 0 aliphatic carbocycles. The molecule has 1 amide bonds. The number of benzene rings is 2. The fourth-order valence-electron chi connectivity index (χ4n) is 1.92. The van der Waals surface area contributed by atoms with Crippen LogP contribution in [0.2, 0.25) is 0 Å². The Hall–Kier alpha value is -2.33. The number of carbonyl (C=O) groups excluding carboxylic acids is 1. The highest BCUT2D eigenvalue weighted by Gasteiger charge is 2.03. The second-order valence-corrected chi connectivity index (χ2v) is 4.63. The number of carbonyl (C=O) groups is 1. The Labute approximate surface area is 124 Å². The maximum atomic E-state index is 11.9. The van der Waals surface area contributed by atoms with Crippen LogP contribution in [-0.4, -0.2) is 24.2 Å². The molecule has 2 aromatic rings. The van der Waals surface area contributed by atoms with Gasteiger partial charge in [-0.2, -0.15) is 0 Å². The fourth-order valence-corrected chi connectivity index (χ4v) is 1.92. The molecule has 2 rings (SSSR count). The smallest absolute Gasteiger partial charge is 0.224 e. The number of rotatable bonds is 7. The van der Waals surface area contributed by atoms with Crippen LogP contribution in [0.1, 0.15) is 12.0 Å². The van der Waals surface area contributed by atoms with Crippen molar-refractivity contribution in [2.75, 3.05) is 18.5 Å². The number of hydrogen-bond donors (Lipinski definition) is 2. The van der Waals surface area contributed by atoms with Crippen molar-refractivity contribution < 1.29 is 14.6 Å². The summed E-state index contributed by atoms with van der Waals surface area (Å²) >= 11 is 0. The molecule has 0 saturated carbocycles. The van der Waals surface area contributed by atoms with Crippen molar-refractivity contribution in [2.24, 2.45) is 0 Å². The zero-order valence-electron chi connectivity index (χ0n) is 11.8. The molecule has 0 fully saturated rings. The third-order valence-corrected chi connectivity index (χ3v) is 2.98. The highest BCUT2D eigenvalue weighted by atomic mass is 16.5. The van der Waals surface area contributed by atoms with Crippen LogP contribution in [-0.2, 0) is 11.2 Å². The fraction of sp³-hybridized carbons (Fsp3) is 0.235. The first-order chi connectivity index (χ1) is 10.3. The molecular weight excluding hydrogens is 266 g/mol. The van der Waals surface area contributed by atoms with E-state index in [4.69, 9.17) is 9.84 Å². The number of amides is 1. The lowest BCUT2D eigenvalue weighted by atomic mass is 10.1. The van der Waals surface area contributed by atoms with Crippen molar-refractivity contribution in [1.29, 1.82) is 0 Å². The van der Waals surface area contributed by atoms with Gasteiger partial charge in [0, 0.05) is 12.1 Å². The summed E-state index contributed by atoms with van der Waals surface area (Å²) in [5.74, 6) is 0.661. The van der Waals surface area contributed by atoms with Gasteiger partial charge < -0.3 is 15.2 Å². The van der Waals surface area contributed by atoms with Gasteiger partial charge in [-0.25, -0.2) is 0 Å². The maximum Gasteiger partial charge on any atom is 0.224 e. The normalized spacial score (nSPS) is 10.1. The molecule has 2 aromatic carbocycles. The molecule has 4 nitrogen and oxygen atoms in total. The number of nitrogens with one attached hydrogen (secondary N) is 1. The standard InChI is InChI=1S/C17H19NO3/c19-12-13-21-16-9-7-15(8-10-16)18-17(20)11-6-14-4-2-1-3-5-14/h1-5,7-10,19H,6,11-13H2,(H,18,20). The minimum absolute atomic E-state index is 0.0112. The van der Waals surface area contributed by atoms with Gasteiger partial charge in [-0.1, -0.05) is 30.3 Å². The average molecular weight is 285 g/mol. The topological polar surface area (TPSA) is 58.6 Å². The van der Waals surface area contributed by atoms with Crippen molar-refractivity contribution in [3.05, 3.63) is 60.2 Å². The van der Waals surface area contributed by atoms with Crippen molar-refractivity contribution in [2.45, 2.75) is 12.8 Å². The van der Waals surface area contributed by atoms with Crippen molar-refractivity contribution in [3.8, 4) is 5.75 Å². The van der Waals surface area contributed by atoms with E-state index in [1.54, 1.807) is 24.3 Å². The summed E-state index contributed by atoms with van der Waals surface area (Å²) in [6.07, 6.45) is 1.18. The molecule has 0 unspecified atom stereocenters. The third-order valence-electron chi connectivity index (χ3n) is 2.98. The summed E-state index contributed by atoms with van der Waals surface area (Å²) in [5, 5.41) is 11.5. The zero-order chi connectivity index (χ0) is 14.9. The van der Waals surface area contributed by atoms with Crippen LogP contribution in [0.25, 0.3) is 0 Å². The Morgan fingerprint density at radius 3 is 2.43 bits per heavy atom. The largest absolute Gasteiger partial charge is 0.491 e. The van der Waals surface area contributed by atoms with E-state index in [2.05, 4.69) is 5.32 Å². The predicted octanol–water partition coefficient (Wildman–Crippen LogP) is 2.63. The minimum atomic E-state index is -0.0159. The number of ether oxygens (including phenoxy) is 1. The van der Waals surface area contributed by atoms with Gasteiger partial charge in [0.05, 0.1) is 6.61 Å². The quantitative estimate of drug-likeness (QED) is 0.822. The van der Waals surface area contributed by atoms with E-state index < -0.39 is 0 Å². The monoisotopic (exact) mass is 285 g/mol. The van der Waals surface area contributed by atoms with Crippen molar-refractivity contribution in [1.82, 2.24) is 0 Å². The lowest BCUT2D eigenvalue weighted by Crippen LogP contribution is -2.12. The summed E-state index contributed by atoms with van der Waals surface area (Å²) in [4.78, 5) is 11.9. The second-order valence-electron chi connectivity index (χ2n) is 4.63. The Balaban J connectivity index is 1.79. The molecule has 0 aromatic heterocycles. The first-order valence-electron chi connectivity index (χ1n) is 6.95. The molecule has 0 radical (unpaired) electrons. The summed E-state index contributed by atoms with van der Waals surface area (Å²) in [7, 11) is 0. The van der Waals surface area contributed by atoms with Gasteiger partial charge in [0.25, 0.3) is 0 Å². The van der Waals surface area contributed by atoms with E-state index in [0.29, 0.717) is 12.2 Å². The molecule has 4 heteroatoms. The maximum absolute atomic E-state index is 11.9. The molecule has 0 aliphatic heterocycles. The first kappa shape index (κ1) is 15.1. The molecule has 21 heavy (non-hydrogen) atoms. The molecule has 0 spiro atoms. The Morgan fingerprint density at radius 2 is 1.76 bits per heavy atom. The van der Waals surface area contributed by atoms with Crippen LogP contribution < -0.4 is 10.1 Å². The average Bonchev–Trinajstić information content (AvgIpc) is 2.53. The van der Waals surface area contributed by atoms with E-state index in [1.807, 2.05) is 30.3 Å². The Bertz CT molecular complexity index is 552. The summed E-state index contributed by atoms with van der Waals surface area (Å²) < 4.78 is 5.26. The second kappa shape index (κ2) is 8.07. The molecule has 0 atom stereocenters. The first-order valence-corrected chi connectivity index (χ1v) is 6.95. The lowest BCUT2D eigenvalue weighted by Gasteiger charge is -2.07. The van der Waals surface area contributed by atoms with Gasteiger partial charge in [0.2, 0.25) is 5.91 Å². The van der Waals surface area contributed by atoms with E-state index in [1.165, 1.54) is 0 Å². The Kier molecular flexibility index (Phi) is 5.79. The molecule has 0 heterocycles. The summed E-state index contributed by atoms with van der Waals surface area (Å²) in [6.45, 7) is 0.251. The molecule has 0 bridgehead atoms. The number of aryl methyl sites for hydroxylation is 1. The van der Waals surface area contributed by atoms with E-state index >= 15 is 0 Å². The highest BCUT2D eigenvalue weighted by molar-refractivity contribution is 5.90. The summed E-state index contributed by atoms with van der Waals surface area (Å²) in [6, 6.07) is 17.0. The van der Waals surface area contributed by atoms with Gasteiger partial charge in [0.15, 0.2) is 0 Å². The number of aliphatic hydroxyl groups is 1. The van der Waals surface area contributed by atoms with Gasteiger partial charge >= 0.3 is 0 Å². The van der Waals surface area contributed by atoms with Crippen LogP contribution in [0, 0.1) is 0 Å². The van der Waals surface area contributed by atoms with Gasteiger partial charge in [0.1, 0.15) is 12.4 Å². The van der Waals surface area contributed by atoms with Crippen molar-refractivity contribution in [3.63, 3.8) is 0 Å². The van der Waals surface area contributed by atoms with E-state index in [-0.39, 0.29) is 19.1 Å². The molecule has 110 valence electrons. The SMILES string of the molecule is O=C(CCc1ccccc1)Nc1ccc(OCCO)cc1. The highest BCUT2D eigenvalue weighted by Crippen LogP contribution is 2.16. The van der Waals surface area contributed by atoms with E-state index in [9.17, 15) is 4.79 Å². The van der Waals surface area contributed by atoms with Gasteiger partial charge in [-0.15, -0.1) is 0 Å². The minimum Gasteiger partial charge on any atom is -0.491 e. The number of aliphatic hydroxyl groups excluding tert-OH is 1. The van der Waals surface area contributed by atoms with Crippen LogP contribution in [0.5, 0.6) is 5.75 Å². The van der Waals surface area contributed by atoms with Crippen molar-refractivity contribution >= 4 is 11.6 Å². The third kappa shape index (κ3) is 5.28. The van der Waals surface area contributed by atoms with Crippen LogP contribution in [0.15, 0.2) is 54.6 Å². The summed E-state index contributed by atoms with van der Waals surface area (Å²) in [5.41, 5.74) is 1.89. The lowest BCUT2D eigenvalue weighted by molar-refractivity contribution is -0.116. The molecule has 2 N–H and O–H groups in total. The van der Waals surface area contributed by atoms with Crippen LogP contribution in [0.3, 0.4) is 0 Å². The Morgan fingerprint density at radius 1 is 1.05 bits per heavy atom. The van der Waals surface area contributed by atoms with Gasteiger partial charge in [-0.3, -0.25) is 4.79 Å². The number of anilines is 1. The van der Waals surface area contributed by atoms with E-state index in [0.717, 1.165) is 17.7 Å². The molecule has 0 saturated heterocycles. The molecular formula is C17H19NO3. The predicted molar refractivity (Wildman–Crippen MR) is 82.4 cm³/mol. The zero-order valence-corrected chi connectivity index (χ0v) is 11.8. The van der Waals surface area contributed by atoms with Gasteiger partial charge in [-0.05, 0) is 36.2 Å². The number of hydrogen-bond acceptors (Lipinski definition) is 3. The molecule has 0 aliphatic rings.